The van der Waals surface area contributed by atoms with Crippen LogP contribution in [0.5, 0.6) is 0 Å². The van der Waals surface area contributed by atoms with Crippen LogP contribution in [0, 0.1) is 0 Å². The molecule has 0 radical (unpaired) electrons. The van der Waals surface area contributed by atoms with E-state index in [1.54, 1.807) is 0 Å². The topological polar surface area (TPSA) is 22.0 Å². The van der Waals surface area contributed by atoms with Crippen LogP contribution >= 0.6 is 15.9 Å². The highest BCUT2D eigenvalue weighted by atomic mass is 79.9. The molecule has 1 heterocycles. The van der Waals surface area contributed by atoms with Gasteiger partial charge in [0.15, 0.2) is 0 Å². The third-order valence-corrected chi connectivity index (χ3v) is 4.72. The van der Waals surface area contributed by atoms with Gasteiger partial charge in [-0.15, -0.1) is 0 Å². The van der Waals surface area contributed by atoms with E-state index in [0.717, 1.165) is 28.3 Å². The first-order valence-corrected chi connectivity index (χ1v) is 8.70. The largest absolute Gasteiger partial charge is 0.340 e. The fourth-order valence-corrected chi connectivity index (χ4v) is 3.47. The first-order valence-electron chi connectivity index (χ1n) is 7.91. The van der Waals surface area contributed by atoms with Crippen LogP contribution in [-0.4, -0.2) is 10.9 Å². The second-order valence-electron chi connectivity index (χ2n) is 5.77. The van der Waals surface area contributed by atoms with Crippen molar-refractivity contribution in [3.05, 3.63) is 46.4 Å². The molecule has 2 nitrogen and oxygen atoms in total. The molecule has 2 aromatic carbocycles. The molecular formula is C19H20BrNO. The average molecular weight is 358 g/mol. The molecule has 22 heavy (non-hydrogen) atoms. The van der Waals surface area contributed by atoms with E-state index in [2.05, 4.69) is 51.7 Å². The van der Waals surface area contributed by atoms with Crippen LogP contribution in [0.3, 0.4) is 0 Å². The fraction of sp³-hybridized carbons (Fsp3) is 0.316. The standard InChI is InChI=1S/C19H20BrNO/c1-2-3-4-5-10-21-18-8-6-14(13-22)11-16(18)17-12-15(20)7-9-19(17)21/h6-9,11-13H,2-5,10H2,1H3. The molecule has 0 unspecified atom stereocenters. The summed E-state index contributed by atoms with van der Waals surface area (Å²) in [6.45, 7) is 3.26. The summed E-state index contributed by atoms with van der Waals surface area (Å²) in [5.74, 6) is 0. The van der Waals surface area contributed by atoms with Gasteiger partial charge in [0.05, 0.1) is 0 Å². The highest BCUT2D eigenvalue weighted by Gasteiger charge is 2.11. The van der Waals surface area contributed by atoms with Crippen LogP contribution in [0.1, 0.15) is 43.0 Å². The highest BCUT2D eigenvalue weighted by molar-refractivity contribution is 9.10. The number of unbranched alkanes of at least 4 members (excludes halogenated alkanes) is 3. The number of hydrogen-bond acceptors (Lipinski definition) is 1. The molecule has 0 atom stereocenters. The van der Waals surface area contributed by atoms with Crippen LogP contribution in [0.15, 0.2) is 40.9 Å². The zero-order chi connectivity index (χ0) is 15.5. The molecule has 0 spiro atoms. The predicted molar refractivity (Wildman–Crippen MR) is 96.7 cm³/mol. The van der Waals surface area contributed by atoms with Crippen LogP contribution in [-0.2, 0) is 6.54 Å². The van der Waals surface area contributed by atoms with Crippen LogP contribution in [0.25, 0.3) is 21.8 Å². The minimum Gasteiger partial charge on any atom is -0.340 e. The van der Waals surface area contributed by atoms with Crippen molar-refractivity contribution in [3.63, 3.8) is 0 Å². The van der Waals surface area contributed by atoms with E-state index < -0.39 is 0 Å². The van der Waals surface area contributed by atoms with Crippen LogP contribution < -0.4 is 0 Å². The van der Waals surface area contributed by atoms with Gasteiger partial charge in [-0.2, -0.15) is 0 Å². The minimum absolute atomic E-state index is 0.734. The molecule has 114 valence electrons. The average Bonchev–Trinajstić information content (AvgIpc) is 2.84. The summed E-state index contributed by atoms with van der Waals surface area (Å²) in [5.41, 5.74) is 3.20. The van der Waals surface area contributed by atoms with Crippen molar-refractivity contribution >= 4 is 44.0 Å². The van der Waals surface area contributed by atoms with Crippen molar-refractivity contribution in [2.45, 2.75) is 39.2 Å². The number of aldehydes is 1. The summed E-state index contributed by atoms with van der Waals surface area (Å²) in [5, 5.41) is 2.37. The second-order valence-corrected chi connectivity index (χ2v) is 6.68. The van der Waals surface area contributed by atoms with Crippen molar-refractivity contribution in [1.82, 2.24) is 4.57 Å². The van der Waals surface area contributed by atoms with Gasteiger partial charge in [0.2, 0.25) is 0 Å². The summed E-state index contributed by atoms with van der Waals surface area (Å²) in [6.07, 6.45) is 5.92. The number of halogens is 1. The van der Waals surface area contributed by atoms with E-state index in [9.17, 15) is 4.79 Å². The van der Waals surface area contributed by atoms with Crippen LogP contribution in [0.4, 0.5) is 0 Å². The molecule has 3 aromatic rings. The molecule has 0 aliphatic heterocycles. The van der Waals surface area contributed by atoms with E-state index in [4.69, 9.17) is 0 Å². The summed E-state index contributed by atoms with van der Waals surface area (Å²) < 4.78 is 3.46. The van der Waals surface area contributed by atoms with Crippen molar-refractivity contribution in [1.29, 1.82) is 0 Å². The number of rotatable bonds is 6. The Morgan fingerprint density at radius 3 is 2.45 bits per heavy atom. The third-order valence-electron chi connectivity index (χ3n) is 4.22. The molecule has 0 aliphatic rings. The number of benzene rings is 2. The zero-order valence-corrected chi connectivity index (χ0v) is 14.4. The predicted octanol–water partition coefficient (Wildman–Crippen LogP) is 5.95. The Morgan fingerprint density at radius 2 is 1.73 bits per heavy atom. The van der Waals surface area contributed by atoms with Gasteiger partial charge in [0.25, 0.3) is 0 Å². The zero-order valence-electron chi connectivity index (χ0n) is 12.8. The van der Waals surface area contributed by atoms with Gasteiger partial charge >= 0.3 is 0 Å². The van der Waals surface area contributed by atoms with Crippen molar-refractivity contribution < 1.29 is 4.79 Å². The maximum absolute atomic E-state index is 11.1. The molecule has 0 saturated carbocycles. The first-order chi connectivity index (χ1) is 10.7. The van der Waals surface area contributed by atoms with E-state index >= 15 is 0 Å². The molecule has 3 rings (SSSR count). The van der Waals surface area contributed by atoms with Crippen molar-refractivity contribution in [3.8, 4) is 0 Å². The summed E-state index contributed by atoms with van der Waals surface area (Å²) in [7, 11) is 0. The van der Waals surface area contributed by atoms with Gasteiger partial charge in [0, 0.05) is 38.4 Å². The van der Waals surface area contributed by atoms with Gasteiger partial charge in [-0.3, -0.25) is 4.79 Å². The number of fused-ring (bicyclic) bond motifs is 3. The van der Waals surface area contributed by atoms with E-state index in [1.807, 2.05) is 12.1 Å². The quantitative estimate of drug-likeness (QED) is 0.394. The van der Waals surface area contributed by atoms with Gasteiger partial charge in [-0.05, 0) is 42.8 Å². The Balaban J connectivity index is 2.13. The molecular weight excluding hydrogens is 338 g/mol. The Labute approximate surface area is 139 Å². The monoisotopic (exact) mass is 357 g/mol. The molecule has 0 amide bonds. The highest BCUT2D eigenvalue weighted by Crippen LogP contribution is 2.32. The molecule has 0 fully saturated rings. The Hall–Kier alpha value is -1.61. The Bertz CT molecular complexity index is 819. The van der Waals surface area contributed by atoms with Gasteiger partial charge in [-0.1, -0.05) is 42.1 Å². The lowest BCUT2D eigenvalue weighted by Crippen LogP contribution is -1.97. The summed E-state index contributed by atoms with van der Waals surface area (Å²) in [4.78, 5) is 11.1. The molecule has 3 heteroatoms. The smallest absolute Gasteiger partial charge is 0.150 e. The molecule has 1 aromatic heterocycles. The Kier molecular flexibility index (Phi) is 4.63. The number of carbonyl (C=O) groups excluding carboxylic acids is 1. The van der Waals surface area contributed by atoms with E-state index in [-0.39, 0.29) is 0 Å². The van der Waals surface area contributed by atoms with Crippen molar-refractivity contribution in [2.24, 2.45) is 0 Å². The molecule has 0 bridgehead atoms. The van der Waals surface area contributed by atoms with Gasteiger partial charge < -0.3 is 4.57 Å². The third kappa shape index (κ3) is 2.82. The number of aryl methyl sites for hydroxylation is 1. The number of carbonyl (C=O) groups is 1. The molecule has 0 N–H and O–H groups in total. The lowest BCUT2D eigenvalue weighted by Gasteiger charge is -2.07. The summed E-state index contributed by atoms with van der Waals surface area (Å²) >= 11 is 3.56. The summed E-state index contributed by atoms with van der Waals surface area (Å²) in [6, 6.07) is 12.4. The minimum atomic E-state index is 0.734. The maximum Gasteiger partial charge on any atom is 0.150 e. The van der Waals surface area contributed by atoms with Crippen LogP contribution in [0.2, 0.25) is 0 Å². The lowest BCUT2D eigenvalue weighted by atomic mass is 10.1. The number of nitrogens with zero attached hydrogens (tertiary/aromatic N) is 1. The van der Waals surface area contributed by atoms with Gasteiger partial charge in [0.1, 0.15) is 6.29 Å². The van der Waals surface area contributed by atoms with Crippen molar-refractivity contribution in [2.75, 3.05) is 0 Å². The van der Waals surface area contributed by atoms with E-state index in [1.165, 1.54) is 42.1 Å². The van der Waals surface area contributed by atoms with Gasteiger partial charge in [-0.25, -0.2) is 0 Å². The number of aromatic nitrogens is 1. The SMILES string of the molecule is CCCCCCn1c2ccc(Br)cc2c2cc(C=O)ccc21. The maximum atomic E-state index is 11.1. The first kappa shape index (κ1) is 15.3. The molecule has 0 aliphatic carbocycles. The Morgan fingerprint density at radius 1 is 1.00 bits per heavy atom. The fourth-order valence-electron chi connectivity index (χ4n) is 3.10. The normalized spacial score (nSPS) is 11.4. The second kappa shape index (κ2) is 6.66. The lowest BCUT2D eigenvalue weighted by molar-refractivity contribution is 0.112. The van der Waals surface area contributed by atoms with E-state index in [0.29, 0.717) is 0 Å². The molecule has 0 saturated heterocycles. The number of hydrogen-bond donors (Lipinski definition) is 0.